The van der Waals surface area contributed by atoms with Gasteiger partial charge in [0.05, 0.1) is 6.61 Å². The Morgan fingerprint density at radius 3 is 2.53 bits per heavy atom. The highest BCUT2D eigenvalue weighted by atomic mass is 16.8. The minimum atomic E-state index is -1.12. The molecular weight excluding hydrogens is 204 g/mol. The van der Waals surface area contributed by atoms with Crippen LogP contribution in [0.25, 0.3) is 0 Å². The third-order valence-electron chi connectivity index (χ3n) is 2.62. The lowest BCUT2D eigenvalue weighted by atomic mass is 10.1. The Labute approximate surface area is 87.4 Å². The van der Waals surface area contributed by atoms with Gasteiger partial charge in [0.25, 0.3) is 0 Å². The third-order valence-corrected chi connectivity index (χ3v) is 2.62. The Morgan fingerprint density at radius 2 is 2.00 bits per heavy atom. The Bertz CT molecular complexity index is 243. The number of hydrogen-bond acceptors (Lipinski definition) is 6. The molecular formula is C9H16O6. The van der Waals surface area contributed by atoms with E-state index in [-0.39, 0.29) is 0 Å². The summed E-state index contributed by atoms with van der Waals surface area (Å²) in [6, 6.07) is 0. The van der Waals surface area contributed by atoms with Crippen molar-refractivity contribution in [2.75, 3.05) is 6.61 Å². The average molecular weight is 220 g/mol. The van der Waals surface area contributed by atoms with Crippen molar-refractivity contribution in [3.8, 4) is 0 Å². The molecule has 2 aliphatic heterocycles. The van der Waals surface area contributed by atoms with Crippen LogP contribution in [0.4, 0.5) is 0 Å². The van der Waals surface area contributed by atoms with Gasteiger partial charge >= 0.3 is 0 Å². The monoisotopic (exact) mass is 220 g/mol. The second kappa shape index (κ2) is 3.65. The molecule has 0 saturated carbocycles. The van der Waals surface area contributed by atoms with Crippen LogP contribution in [0, 0.1) is 0 Å². The van der Waals surface area contributed by atoms with Crippen LogP contribution in [0.5, 0.6) is 0 Å². The molecule has 88 valence electrons. The largest absolute Gasteiger partial charge is 0.394 e. The van der Waals surface area contributed by atoms with Gasteiger partial charge in [0.1, 0.15) is 24.4 Å². The number of rotatable bonds is 2. The van der Waals surface area contributed by atoms with E-state index in [1.54, 1.807) is 13.8 Å². The minimum absolute atomic E-state index is 0.468. The second-order valence-corrected chi connectivity index (χ2v) is 4.31. The van der Waals surface area contributed by atoms with Gasteiger partial charge in [-0.3, -0.25) is 0 Å². The Kier molecular flexibility index (Phi) is 2.74. The fraction of sp³-hybridized carbons (Fsp3) is 1.00. The van der Waals surface area contributed by atoms with Crippen LogP contribution in [0.2, 0.25) is 0 Å². The third kappa shape index (κ3) is 1.89. The molecule has 0 amide bonds. The molecule has 0 aliphatic carbocycles. The van der Waals surface area contributed by atoms with Crippen LogP contribution in [-0.4, -0.2) is 58.4 Å². The summed E-state index contributed by atoms with van der Waals surface area (Å²) < 4.78 is 16.1. The average Bonchev–Trinajstić information content (AvgIpc) is 2.60. The van der Waals surface area contributed by atoms with Crippen molar-refractivity contribution in [1.29, 1.82) is 0 Å². The van der Waals surface area contributed by atoms with E-state index >= 15 is 0 Å². The van der Waals surface area contributed by atoms with Gasteiger partial charge in [-0.1, -0.05) is 0 Å². The van der Waals surface area contributed by atoms with E-state index in [0.717, 1.165) is 0 Å². The molecule has 0 aromatic heterocycles. The standard InChI is InChI=1S/C9H16O6/c1-9(2)14-7-5(12)6(4(11)3-10)13-8(7)15-9/h4-8,10-12H,3H2,1-2H3/t4-,5+,6+,7-,8?/m1/s1. The van der Waals surface area contributed by atoms with Crippen molar-refractivity contribution in [1.82, 2.24) is 0 Å². The van der Waals surface area contributed by atoms with Gasteiger partial charge in [-0.2, -0.15) is 0 Å². The SMILES string of the molecule is CC1(C)OC2O[C@@H]([C@H](O)CO)[C@H](O)[C@H]2O1. The van der Waals surface area contributed by atoms with Crippen LogP contribution in [0.3, 0.4) is 0 Å². The van der Waals surface area contributed by atoms with Crippen molar-refractivity contribution in [3.05, 3.63) is 0 Å². The fourth-order valence-corrected chi connectivity index (χ4v) is 1.94. The summed E-state index contributed by atoms with van der Waals surface area (Å²) in [5.74, 6) is -0.786. The highest BCUT2D eigenvalue weighted by Crippen LogP contribution is 2.38. The van der Waals surface area contributed by atoms with Gasteiger partial charge in [-0.25, -0.2) is 0 Å². The zero-order valence-electron chi connectivity index (χ0n) is 8.66. The highest BCUT2D eigenvalue weighted by molar-refractivity contribution is 4.95. The number of aliphatic hydroxyl groups excluding tert-OH is 3. The molecule has 2 saturated heterocycles. The molecule has 2 fully saturated rings. The summed E-state index contributed by atoms with van der Waals surface area (Å²) in [5.41, 5.74) is 0. The number of ether oxygens (including phenoxy) is 3. The van der Waals surface area contributed by atoms with Gasteiger partial charge in [-0.05, 0) is 13.8 Å². The van der Waals surface area contributed by atoms with Crippen molar-refractivity contribution < 1.29 is 29.5 Å². The van der Waals surface area contributed by atoms with Crippen molar-refractivity contribution in [3.63, 3.8) is 0 Å². The Balaban J connectivity index is 2.05. The molecule has 5 atom stereocenters. The normalized spacial score (nSPS) is 45.4. The van der Waals surface area contributed by atoms with Crippen molar-refractivity contribution in [2.24, 2.45) is 0 Å². The summed E-state index contributed by atoms with van der Waals surface area (Å²) >= 11 is 0. The van der Waals surface area contributed by atoms with E-state index in [2.05, 4.69) is 0 Å². The summed E-state index contributed by atoms with van der Waals surface area (Å²) in [6.45, 7) is 2.97. The van der Waals surface area contributed by atoms with Crippen molar-refractivity contribution >= 4 is 0 Å². The first-order valence-corrected chi connectivity index (χ1v) is 4.93. The van der Waals surface area contributed by atoms with Crippen LogP contribution < -0.4 is 0 Å². The predicted molar refractivity (Wildman–Crippen MR) is 47.8 cm³/mol. The van der Waals surface area contributed by atoms with Gasteiger partial charge < -0.3 is 29.5 Å². The van der Waals surface area contributed by atoms with E-state index in [0.29, 0.717) is 0 Å². The van der Waals surface area contributed by atoms with Gasteiger partial charge in [0, 0.05) is 0 Å². The highest BCUT2D eigenvalue weighted by Gasteiger charge is 2.55. The molecule has 2 aliphatic rings. The van der Waals surface area contributed by atoms with Gasteiger partial charge in [-0.15, -0.1) is 0 Å². The summed E-state index contributed by atoms with van der Waals surface area (Å²) in [6.07, 6.45) is -4.26. The van der Waals surface area contributed by atoms with Crippen LogP contribution in [0.1, 0.15) is 13.8 Å². The molecule has 6 nitrogen and oxygen atoms in total. The quantitative estimate of drug-likeness (QED) is 0.529. The molecule has 15 heavy (non-hydrogen) atoms. The summed E-state index contributed by atoms with van der Waals surface area (Å²) in [7, 11) is 0. The maximum absolute atomic E-state index is 9.79. The van der Waals surface area contributed by atoms with E-state index in [9.17, 15) is 10.2 Å². The first-order valence-electron chi connectivity index (χ1n) is 4.93. The molecule has 6 heteroatoms. The molecule has 1 unspecified atom stereocenters. The lowest BCUT2D eigenvalue weighted by Gasteiger charge is -2.24. The smallest absolute Gasteiger partial charge is 0.190 e. The number of hydrogen-bond donors (Lipinski definition) is 3. The van der Waals surface area contributed by atoms with Gasteiger partial charge in [0.15, 0.2) is 12.1 Å². The Morgan fingerprint density at radius 1 is 1.33 bits per heavy atom. The van der Waals surface area contributed by atoms with E-state index in [4.69, 9.17) is 19.3 Å². The number of aliphatic hydroxyl groups is 3. The van der Waals surface area contributed by atoms with Crippen LogP contribution in [-0.2, 0) is 14.2 Å². The van der Waals surface area contributed by atoms with Crippen LogP contribution >= 0.6 is 0 Å². The first-order chi connectivity index (χ1) is 6.94. The Hall–Kier alpha value is -0.240. The summed E-state index contributed by atoms with van der Waals surface area (Å²) in [5, 5.41) is 27.9. The van der Waals surface area contributed by atoms with Crippen LogP contribution in [0.15, 0.2) is 0 Å². The molecule has 0 radical (unpaired) electrons. The molecule has 2 rings (SSSR count). The molecule has 0 bridgehead atoms. The zero-order chi connectivity index (χ0) is 11.2. The lowest BCUT2D eigenvalue weighted by Crippen LogP contribution is -2.42. The maximum atomic E-state index is 9.79. The van der Waals surface area contributed by atoms with E-state index in [1.807, 2.05) is 0 Å². The predicted octanol–water partition coefficient (Wildman–Crippen LogP) is -1.42. The van der Waals surface area contributed by atoms with Crippen molar-refractivity contribution in [2.45, 2.75) is 50.3 Å². The zero-order valence-corrected chi connectivity index (χ0v) is 8.66. The first kappa shape index (κ1) is 11.3. The molecule has 0 aromatic carbocycles. The number of fused-ring (bicyclic) bond motifs is 1. The minimum Gasteiger partial charge on any atom is -0.394 e. The maximum Gasteiger partial charge on any atom is 0.190 e. The lowest BCUT2D eigenvalue weighted by molar-refractivity contribution is -0.227. The van der Waals surface area contributed by atoms with E-state index in [1.165, 1.54) is 0 Å². The molecule has 0 spiro atoms. The molecule has 2 heterocycles. The van der Waals surface area contributed by atoms with E-state index < -0.39 is 43.1 Å². The summed E-state index contributed by atoms with van der Waals surface area (Å²) in [4.78, 5) is 0. The fourth-order valence-electron chi connectivity index (χ4n) is 1.94. The molecule has 0 aromatic rings. The van der Waals surface area contributed by atoms with Gasteiger partial charge in [0.2, 0.25) is 0 Å². The molecule has 3 N–H and O–H groups in total. The second-order valence-electron chi connectivity index (χ2n) is 4.31. The topological polar surface area (TPSA) is 88.4 Å².